The fourth-order valence-electron chi connectivity index (χ4n) is 2.61. The Hall–Kier alpha value is -1.40. The summed E-state index contributed by atoms with van der Waals surface area (Å²) in [5.74, 6) is 1.36. The summed E-state index contributed by atoms with van der Waals surface area (Å²) in [4.78, 5) is 21.0. The number of nitrogens with one attached hydrogen (secondary N) is 2. The van der Waals surface area contributed by atoms with Crippen LogP contribution in [-0.2, 0) is 0 Å². The molecule has 2 heterocycles. The molecule has 0 bridgehead atoms. The number of aryl methyl sites for hydroxylation is 1. The van der Waals surface area contributed by atoms with Crippen molar-refractivity contribution < 1.29 is 0 Å². The maximum absolute atomic E-state index is 11.9. The van der Waals surface area contributed by atoms with E-state index in [0.717, 1.165) is 52.0 Å². The number of unbranched alkanes of at least 4 members (excludes halogenated alkanes) is 1. The minimum absolute atomic E-state index is 0.0305. The predicted octanol–water partition coefficient (Wildman–Crippen LogP) is 2.04. The Morgan fingerprint density at radius 3 is 2.54 bits per heavy atom. The van der Waals surface area contributed by atoms with Crippen molar-refractivity contribution in [3.63, 3.8) is 0 Å². The molecule has 1 aromatic heterocycles. The van der Waals surface area contributed by atoms with E-state index >= 15 is 0 Å². The highest BCUT2D eigenvalue weighted by Crippen LogP contribution is 2.19. The van der Waals surface area contributed by atoms with Crippen molar-refractivity contribution in [1.29, 1.82) is 0 Å². The topological polar surface area (TPSA) is 87.0 Å². The highest BCUT2D eigenvalue weighted by molar-refractivity contribution is 5.42. The van der Waals surface area contributed by atoms with Crippen molar-refractivity contribution in [2.45, 2.75) is 52.9 Å². The summed E-state index contributed by atoms with van der Waals surface area (Å²) in [7, 11) is 0. The molecule has 1 fully saturated rings. The van der Waals surface area contributed by atoms with Crippen LogP contribution in [0.25, 0.3) is 0 Å². The van der Waals surface area contributed by atoms with Crippen molar-refractivity contribution in [3.05, 3.63) is 22.4 Å². The number of nitrogens with two attached hydrogens (primary N) is 1. The number of hydrogen-bond acceptors (Lipinski definition) is 5. The van der Waals surface area contributed by atoms with Gasteiger partial charge in [0, 0.05) is 13.1 Å². The summed E-state index contributed by atoms with van der Waals surface area (Å²) in [6.07, 6.45) is 7.59. The number of nitrogens with zero attached hydrogens (tertiary/aromatic N) is 2. The molecule has 1 aliphatic rings. The lowest BCUT2D eigenvalue weighted by Gasteiger charge is -2.32. The van der Waals surface area contributed by atoms with Gasteiger partial charge >= 0.3 is 0 Å². The van der Waals surface area contributed by atoms with Gasteiger partial charge in [0.05, 0.1) is 6.20 Å². The molecule has 0 atom stereocenters. The lowest BCUT2D eigenvalue weighted by Crippen LogP contribution is -2.40. The summed E-state index contributed by atoms with van der Waals surface area (Å²) in [5, 5.41) is 3.45. The molecule has 4 N–H and O–H groups in total. The zero-order valence-corrected chi connectivity index (χ0v) is 15.6. The van der Waals surface area contributed by atoms with Crippen molar-refractivity contribution in [2.75, 3.05) is 37.6 Å². The molecule has 6 heteroatoms. The molecule has 1 saturated heterocycles. The highest BCUT2D eigenvalue weighted by Gasteiger charge is 2.20. The zero-order chi connectivity index (χ0) is 17.8. The van der Waals surface area contributed by atoms with E-state index in [1.54, 1.807) is 13.1 Å². The van der Waals surface area contributed by atoms with Crippen molar-refractivity contribution in [3.8, 4) is 0 Å². The van der Waals surface area contributed by atoms with Gasteiger partial charge in [0.1, 0.15) is 11.5 Å². The van der Waals surface area contributed by atoms with Crippen LogP contribution in [0.2, 0.25) is 0 Å². The van der Waals surface area contributed by atoms with Crippen LogP contribution in [0, 0.1) is 12.8 Å². The summed E-state index contributed by atoms with van der Waals surface area (Å²) < 4.78 is 0. The molecule has 0 aromatic carbocycles. The molecule has 0 spiro atoms. The number of piperidine rings is 1. The Kier molecular flexibility index (Phi) is 10.4. The smallest absolute Gasteiger partial charge is 0.274 e. The van der Waals surface area contributed by atoms with Crippen LogP contribution in [-0.4, -0.2) is 42.7 Å². The van der Waals surface area contributed by atoms with Gasteiger partial charge in [-0.3, -0.25) is 4.79 Å². The third-order valence-corrected chi connectivity index (χ3v) is 4.35. The molecular formula is C18H35N5O. The van der Waals surface area contributed by atoms with Gasteiger partial charge in [-0.2, -0.15) is 0 Å². The Balaban J connectivity index is 0.000000648. The molecule has 1 aliphatic heterocycles. The summed E-state index contributed by atoms with van der Waals surface area (Å²) in [6, 6.07) is 0. The molecule has 6 nitrogen and oxygen atoms in total. The van der Waals surface area contributed by atoms with E-state index in [1.807, 2.05) is 0 Å². The van der Waals surface area contributed by atoms with Crippen LogP contribution >= 0.6 is 0 Å². The zero-order valence-electron chi connectivity index (χ0n) is 15.6. The van der Waals surface area contributed by atoms with Crippen LogP contribution in [0.15, 0.2) is 11.0 Å². The molecule has 24 heavy (non-hydrogen) atoms. The third-order valence-electron chi connectivity index (χ3n) is 4.35. The first-order valence-corrected chi connectivity index (χ1v) is 9.33. The van der Waals surface area contributed by atoms with Gasteiger partial charge in [-0.15, -0.1) is 0 Å². The first kappa shape index (κ1) is 20.6. The van der Waals surface area contributed by atoms with Crippen molar-refractivity contribution in [2.24, 2.45) is 11.7 Å². The fourth-order valence-corrected chi connectivity index (χ4v) is 2.61. The number of anilines is 1. The molecule has 0 aliphatic carbocycles. The SMILES string of the molecule is CCCC.Cc1ncc(N2CCC(CNCCCN)CC2)c(=O)[nH]1. The van der Waals surface area contributed by atoms with Crippen LogP contribution in [0.1, 0.15) is 51.8 Å². The quantitative estimate of drug-likeness (QED) is 0.663. The highest BCUT2D eigenvalue weighted by atomic mass is 16.1. The molecule has 2 rings (SSSR count). The maximum atomic E-state index is 11.9. The number of H-pyrrole nitrogens is 1. The van der Waals surface area contributed by atoms with E-state index < -0.39 is 0 Å². The van der Waals surface area contributed by atoms with Gasteiger partial charge < -0.3 is 20.9 Å². The molecule has 1 aromatic rings. The summed E-state index contributed by atoms with van der Waals surface area (Å²) in [6.45, 7) is 10.8. The largest absolute Gasteiger partial charge is 0.366 e. The second-order valence-electron chi connectivity index (χ2n) is 6.46. The van der Waals surface area contributed by atoms with E-state index in [1.165, 1.54) is 12.8 Å². The van der Waals surface area contributed by atoms with Gasteiger partial charge in [-0.1, -0.05) is 26.7 Å². The fraction of sp³-hybridized carbons (Fsp3) is 0.778. The Bertz CT molecular complexity index is 492. The Labute approximate surface area is 146 Å². The van der Waals surface area contributed by atoms with Gasteiger partial charge in [0.15, 0.2) is 0 Å². The summed E-state index contributed by atoms with van der Waals surface area (Å²) in [5.41, 5.74) is 6.14. The van der Waals surface area contributed by atoms with Crippen LogP contribution < -0.4 is 21.5 Å². The lowest BCUT2D eigenvalue weighted by molar-refractivity contribution is 0.382. The predicted molar refractivity (Wildman–Crippen MR) is 102 cm³/mol. The number of aromatic amines is 1. The normalized spacial score (nSPS) is 15.1. The van der Waals surface area contributed by atoms with E-state index in [0.29, 0.717) is 17.4 Å². The molecule has 0 saturated carbocycles. The van der Waals surface area contributed by atoms with Gasteiger partial charge in [0.25, 0.3) is 5.56 Å². The molecule has 0 unspecified atom stereocenters. The van der Waals surface area contributed by atoms with Crippen LogP contribution in [0.3, 0.4) is 0 Å². The van der Waals surface area contributed by atoms with Gasteiger partial charge in [-0.25, -0.2) is 4.98 Å². The number of aromatic nitrogens is 2. The average molecular weight is 338 g/mol. The van der Waals surface area contributed by atoms with Crippen molar-refractivity contribution >= 4 is 5.69 Å². The van der Waals surface area contributed by atoms with Gasteiger partial charge in [0.2, 0.25) is 0 Å². The van der Waals surface area contributed by atoms with E-state index in [9.17, 15) is 4.79 Å². The molecule has 0 radical (unpaired) electrons. The van der Waals surface area contributed by atoms with E-state index in [-0.39, 0.29) is 5.56 Å². The van der Waals surface area contributed by atoms with E-state index in [2.05, 4.69) is 34.0 Å². The maximum Gasteiger partial charge on any atom is 0.274 e. The first-order chi connectivity index (χ1) is 11.6. The molecule has 138 valence electrons. The summed E-state index contributed by atoms with van der Waals surface area (Å²) >= 11 is 0. The molecule has 0 amide bonds. The van der Waals surface area contributed by atoms with Gasteiger partial charge in [-0.05, 0) is 51.7 Å². The van der Waals surface area contributed by atoms with E-state index in [4.69, 9.17) is 5.73 Å². The first-order valence-electron chi connectivity index (χ1n) is 9.33. The lowest BCUT2D eigenvalue weighted by atomic mass is 9.96. The Morgan fingerprint density at radius 1 is 1.33 bits per heavy atom. The molecular weight excluding hydrogens is 302 g/mol. The van der Waals surface area contributed by atoms with Crippen molar-refractivity contribution in [1.82, 2.24) is 15.3 Å². The number of hydrogen-bond donors (Lipinski definition) is 3. The van der Waals surface area contributed by atoms with Crippen LogP contribution in [0.5, 0.6) is 0 Å². The number of rotatable bonds is 7. The Morgan fingerprint density at radius 2 is 2.00 bits per heavy atom. The van der Waals surface area contributed by atoms with Crippen LogP contribution in [0.4, 0.5) is 5.69 Å². The average Bonchev–Trinajstić information content (AvgIpc) is 2.60. The standard InChI is InChI=1S/C14H25N5O.C4H10/c1-11-17-10-13(14(20)18-11)19-7-3-12(4-8-19)9-16-6-2-5-15;1-3-4-2/h10,12,16H,2-9,15H2,1H3,(H,17,18,20);3-4H2,1-2H3. The second kappa shape index (κ2) is 12.0. The third kappa shape index (κ3) is 7.45. The second-order valence-corrected chi connectivity index (χ2v) is 6.46. The minimum Gasteiger partial charge on any atom is -0.366 e. The monoisotopic (exact) mass is 337 g/mol. The minimum atomic E-state index is -0.0305.